The van der Waals surface area contributed by atoms with Crippen molar-refractivity contribution in [2.24, 2.45) is 17.3 Å². The van der Waals surface area contributed by atoms with Crippen LogP contribution in [0.25, 0.3) is 0 Å². The molecule has 0 heterocycles. The molecular weight excluding hydrogens is 392 g/mol. The van der Waals surface area contributed by atoms with Crippen molar-refractivity contribution in [1.29, 1.82) is 0 Å². The Morgan fingerprint density at radius 3 is 2.15 bits per heavy atom. The quantitative estimate of drug-likeness (QED) is 0.390. The number of ether oxygens (including phenoxy) is 1. The van der Waals surface area contributed by atoms with Gasteiger partial charge in [-0.25, -0.2) is 0 Å². The fraction of sp³-hybridized carbons (Fsp3) is 0.636. The number of carbonyl (C=O) groups excluding carboxylic acids is 2. The van der Waals surface area contributed by atoms with Crippen molar-refractivity contribution >= 4 is 27.7 Å². The molecule has 4 fully saturated rings. The van der Waals surface area contributed by atoms with Gasteiger partial charge in [0.15, 0.2) is 5.78 Å². The van der Waals surface area contributed by atoms with Gasteiger partial charge in [-0.05, 0) is 75.2 Å². The van der Waals surface area contributed by atoms with Crippen molar-refractivity contribution in [3.8, 4) is 0 Å². The number of hydrogen-bond acceptors (Lipinski definition) is 3. The second-order valence-corrected chi connectivity index (χ2v) is 11.4. The van der Waals surface area contributed by atoms with E-state index < -0.39 is 4.32 Å². The third kappa shape index (κ3) is 2.76. The fourth-order valence-corrected chi connectivity index (χ4v) is 6.60. The number of ketones is 1. The molecule has 0 radical (unpaired) electrons. The van der Waals surface area contributed by atoms with E-state index in [1.165, 1.54) is 31.9 Å². The van der Waals surface area contributed by atoms with Crippen LogP contribution >= 0.6 is 15.9 Å². The molecule has 0 amide bonds. The molecule has 1 aromatic rings. The van der Waals surface area contributed by atoms with E-state index in [1.807, 2.05) is 26.0 Å². The molecule has 4 saturated carbocycles. The Balaban J connectivity index is 1.67. The first-order chi connectivity index (χ1) is 12.2. The Labute approximate surface area is 164 Å². The Kier molecular flexibility index (Phi) is 4.15. The van der Waals surface area contributed by atoms with Gasteiger partial charge in [0.2, 0.25) is 0 Å². The summed E-state index contributed by atoms with van der Waals surface area (Å²) in [7, 11) is 1.52. The molecule has 0 aliphatic heterocycles. The van der Waals surface area contributed by atoms with E-state index >= 15 is 0 Å². The lowest BCUT2D eigenvalue weighted by Crippen LogP contribution is -2.57. The molecule has 140 valence electrons. The number of rotatable bonds is 4. The minimum absolute atomic E-state index is 0.0104. The molecular formula is C22H27BrO3. The summed E-state index contributed by atoms with van der Waals surface area (Å²) in [5, 5.41) is 0. The third-order valence-electron chi connectivity index (χ3n) is 6.98. The monoisotopic (exact) mass is 418 g/mol. The third-order valence-corrected chi connectivity index (χ3v) is 7.34. The largest absolute Gasteiger partial charge is 0.469 e. The Bertz CT molecular complexity index is 730. The van der Waals surface area contributed by atoms with Gasteiger partial charge in [0.05, 0.1) is 16.8 Å². The lowest BCUT2D eigenvalue weighted by atomic mass is 9.43. The van der Waals surface area contributed by atoms with Crippen LogP contribution in [-0.2, 0) is 14.9 Å². The number of benzene rings is 1. The zero-order valence-corrected chi connectivity index (χ0v) is 17.4. The molecule has 0 spiro atoms. The van der Waals surface area contributed by atoms with Crippen LogP contribution < -0.4 is 0 Å². The minimum Gasteiger partial charge on any atom is -0.469 e. The molecule has 3 nitrogen and oxygen atoms in total. The molecule has 0 saturated heterocycles. The summed E-state index contributed by atoms with van der Waals surface area (Å²) in [6.07, 6.45) is 6.48. The highest BCUT2D eigenvalue weighted by atomic mass is 79.9. The second kappa shape index (κ2) is 5.92. The first-order valence-electron chi connectivity index (χ1n) is 9.60. The highest BCUT2D eigenvalue weighted by molar-refractivity contribution is 9.10. The summed E-state index contributed by atoms with van der Waals surface area (Å²) in [4.78, 5) is 25.1. The maximum absolute atomic E-state index is 12.6. The second-order valence-electron chi connectivity index (χ2n) is 9.39. The van der Waals surface area contributed by atoms with Crippen molar-refractivity contribution in [3.63, 3.8) is 0 Å². The zero-order valence-electron chi connectivity index (χ0n) is 15.8. The van der Waals surface area contributed by atoms with Gasteiger partial charge in [0.25, 0.3) is 0 Å². The Morgan fingerprint density at radius 2 is 1.65 bits per heavy atom. The Hall–Kier alpha value is -1.16. The van der Waals surface area contributed by atoms with Crippen LogP contribution in [0, 0.1) is 17.3 Å². The van der Waals surface area contributed by atoms with E-state index in [0.29, 0.717) is 11.8 Å². The summed E-state index contributed by atoms with van der Waals surface area (Å²) < 4.78 is 4.66. The average Bonchev–Trinajstić information content (AvgIpc) is 2.58. The molecule has 26 heavy (non-hydrogen) atoms. The average molecular weight is 419 g/mol. The zero-order chi connectivity index (χ0) is 18.7. The maximum atomic E-state index is 12.6. The molecule has 5 rings (SSSR count). The van der Waals surface area contributed by atoms with E-state index in [0.717, 1.165) is 24.8 Å². The van der Waals surface area contributed by atoms with Crippen LogP contribution in [0.2, 0.25) is 0 Å². The van der Waals surface area contributed by atoms with Gasteiger partial charge < -0.3 is 4.74 Å². The first-order valence-corrected chi connectivity index (χ1v) is 10.4. The van der Waals surface area contributed by atoms with E-state index in [2.05, 4.69) is 28.1 Å². The molecule has 4 bridgehead atoms. The van der Waals surface area contributed by atoms with Crippen LogP contribution in [0.1, 0.15) is 68.3 Å². The van der Waals surface area contributed by atoms with Gasteiger partial charge in [0.1, 0.15) is 0 Å². The topological polar surface area (TPSA) is 43.4 Å². The van der Waals surface area contributed by atoms with Crippen molar-refractivity contribution < 1.29 is 14.3 Å². The SMILES string of the molecule is COC(=O)C12CC3CC(C1)CC(c1ccc(C(=O)C(C)(C)Br)cc1)(C3)C2. The van der Waals surface area contributed by atoms with E-state index in [1.54, 1.807) is 0 Å². The molecule has 0 N–H and O–H groups in total. The molecule has 0 aromatic heterocycles. The van der Waals surface area contributed by atoms with Gasteiger partial charge in [-0.2, -0.15) is 0 Å². The van der Waals surface area contributed by atoms with Crippen LogP contribution in [0.15, 0.2) is 24.3 Å². The number of esters is 1. The lowest BCUT2D eigenvalue weighted by molar-refractivity contribution is -0.171. The maximum Gasteiger partial charge on any atom is 0.311 e. The van der Waals surface area contributed by atoms with E-state index in [4.69, 9.17) is 4.74 Å². The van der Waals surface area contributed by atoms with Crippen LogP contribution in [0.4, 0.5) is 0 Å². The molecule has 4 aliphatic carbocycles. The number of hydrogen-bond donors (Lipinski definition) is 0. The van der Waals surface area contributed by atoms with Gasteiger partial charge in [0, 0.05) is 5.56 Å². The highest BCUT2D eigenvalue weighted by Gasteiger charge is 2.61. The standard InChI is InChI=1S/C22H27BrO3/c1-20(2,23)18(24)16-4-6-17(7-5-16)21-9-14-8-15(10-21)12-22(11-14,13-21)19(25)26-3/h4-7,14-15H,8-13H2,1-3H3. The van der Waals surface area contributed by atoms with E-state index in [9.17, 15) is 9.59 Å². The summed E-state index contributed by atoms with van der Waals surface area (Å²) in [6.45, 7) is 3.75. The first kappa shape index (κ1) is 18.2. The molecule has 2 unspecified atom stereocenters. The molecule has 2 atom stereocenters. The predicted octanol–water partition coefficient (Wildman–Crippen LogP) is 5.05. The van der Waals surface area contributed by atoms with Crippen molar-refractivity contribution in [3.05, 3.63) is 35.4 Å². The molecule has 4 aliphatic rings. The van der Waals surface area contributed by atoms with Gasteiger partial charge in [-0.1, -0.05) is 40.2 Å². The number of Topliss-reactive ketones (excluding diaryl/α,β-unsaturated/α-hetero) is 1. The van der Waals surface area contributed by atoms with E-state index in [-0.39, 0.29) is 22.6 Å². The number of methoxy groups -OCH3 is 1. The summed E-state index contributed by atoms with van der Waals surface area (Å²) >= 11 is 3.46. The normalized spacial score (nSPS) is 35.4. The predicted molar refractivity (Wildman–Crippen MR) is 105 cm³/mol. The highest BCUT2D eigenvalue weighted by Crippen LogP contribution is 2.66. The van der Waals surface area contributed by atoms with Gasteiger partial charge in [-0.15, -0.1) is 0 Å². The molecule has 4 heteroatoms. The number of carbonyl (C=O) groups is 2. The van der Waals surface area contributed by atoms with Gasteiger partial charge >= 0.3 is 5.97 Å². The van der Waals surface area contributed by atoms with Crippen molar-refractivity contribution in [2.45, 2.75) is 62.1 Å². The summed E-state index contributed by atoms with van der Waals surface area (Å²) in [6, 6.07) is 8.18. The van der Waals surface area contributed by atoms with Crippen molar-refractivity contribution in [2.75, 3.05) is 7.11 Å². The van der Waals surface area contributed by atoms with Crippen molar-refractivity contribution in [1.82, 2.24) is 0 Å². The van der Waals surface area contributed by atoms with Gasteiger partial charge in [-0.3, -0.25) is 9.59 Å². The fourth-order valence-electron chi connectivity index (χ4n) is 6.37. The smallest absolute Gasteiger partial charge is 0.311 e. The summed E-state index contributed by atoms with van der Waals surface area (Å²) in [5.74, 6) is 1.33. The van der Waals surface area contributed by atoms with Crippen LogP contribution in [0.3, 0.4) is 0 Å². The number of halogens is 1. The summed E-state index contributed by atoms with van der Waals surface area (Å²) in [5.41, 5.74) is 1.82. The minimum atomic E-state index is -0.551. The lowest BCUT2D eigenvalue weighted by Gasteiger charge is -2.61. The number of alkyl halides is 1. The Morgan fingerprint density at radius 1 is 1.08 bits per heavy atom. The molecule has 1 aromatic carbocycles. The van der Waals surface area contributed by atoms with Crippen LogP contribution in [0.5, 0.6) is 0 Å². The van der Waals surface area contributed by atoms with Crippen LogP contribution in [-0.4, -0.2) is 23.2 Å².